The second-order valence-electron chi connectivity index (χ2n) is 6.61. The Labute approximate surface area is 154 Å². The van der Waals surface area contributed by atoms with Gasteiger partial charge < -0.3 is 10.2 Å². The Morgan fingerprint density at radius 1 is 1.19 bits per heavy atom. The highest BCUT2D eigenvalue weighted by Crippen LogP contribution is 2.21. The normalized spacial score (nSPS) is 16.9. The van der Waals surface area contributed by atoms with Crippen LogP contribution in [0.3, 0.4) is 0 Å². The summed E-state index contributed by atoms with van der Waals surface area (Å²) in [5.74, 6) is -5.16. The molecule has 1 fully saturated rings. The zero-order valence-corrected chi connectivity index (χ0v) is 14.6. The molecule has 2 heterocycles. The van der Waals surface area contributed by atoms with Gasteiger partial charge in [-0.1, -0.05) is 6.92 Å². The molecule has 1 saturated heterocycles. The fourth-order valence-corrected chi connectivity index (χ4v) is 3.04. The first-order valence-electron chi connectivity index (χ1n) is 8.57. The number of carbonyl (C=O) groups excluding carboxylic acids is 2. The molecule has 0 aliphatic carbocycles. The van der Waals surface area contributed by atoms with Crippen LogP contribution in [0, 0.1) is 23.4 Å². The Morgan fingerprint density at radius 3 is 2.70 bits per heavy atom. The molecule has 142 valence electrons. The van der Waals surface area contributed by atoms with Crippen molar-refractivity contribution in [3.8, 4) is 0 Å². The van der Waals surface area contributed by atoms with Crippen molar-refractivity contribution in [3.63, 3.8) is 0 Å². The van der Waals surface area contributed by atoms with Gasteiger partial charge in [0.05, 0.1) is 5.69 Å². The smallest absolute Gasteiger partial charge is 0.272 e. The van der Waals surface area contributed by atoms with Crippen LogP contribution in [0.1, 0.15) is 40.6 Å². The van der Waals surface area contributed by atoms with Gasteiger partial charge in [0.2, 0.25) is 0 Å². The molecule has 0 spiro atoms. The van der Waals surface area contributed by atoms with Crippen LogP contribution in [0.5, 0.6) is 0 Å². The highest BCUT2D eigenvalue weighted by Gasteiger charge is 2.24. The lowest BCUT2D eigenvalue weighted by molar-refractivity contribution is 0.0677. The summed E-state index contributed by atoms with van der Waals surface area (Å²) < 4.78 is 40.0. The van der Waals surface area contributed by atoms with E-state index < -0.39 is 29.0 Å². The van der Waals surface area contributed by atoms with Crippen LogP contribution in [-0.4, -0.2) is 34.8 Å². The molecule has 1 atom stereocenters. The monoisotopic (exact) mass is 377 g/mol. The number of aromatic nitrogens is 1. The van der Waals surface area contributed by atoms with Crippen molar-refractivity contribution in [2.24, 2.45) is 5.92 Å². The number of halogens is 3. The van der Waals surface area contributed by atoms with Crippen molar-refractivity contribution >= 4 is 17.5 Å². The van der Waals surface area contributed by atoms with E-state index in [1.807, 2.05) is 0 Å². The van der Waals surface area contributed by atoms with Crippen molar-refractivity contribution in [2.45, 2.75) is 19.8 Å². The number of likely N-dealkylation sites (tertiary alicyclic amines) is 1. The number of amides is 2. The number of carbonyl (C=O) groups is 2. The summed E-state index contributed by atoms with van der Waals surface area (Å²) in [4.78, 5) is 30.6. The molecule has 0 radical (unpaired) electrons. The average Bonchev–Trinajstić information content (AvgIpc) is 2.68. The maximum atomic E-state index is 13.7. The molecule has 2 amide bonds. The largest absolute Gasteiger partial charge is 0.337 e. The van der Waals surface area contributed by atoms with Crippen molar-refractivity contribution in [2.75, 3.05) is 18.4 Å². The minimum absolute atomic E-state index is 0.0579. The number of benzene rings is 1. The molecule has 0 bridgehead atoms. The number of nitrogens with zero attached hydrogens (tertiary/aromatic N) is 2. The predicted molar refractivity (Wildman–Crippen MR) is 92.8 cm³/mol. The zero-order valence-electron chi connectivity index (χ0n) is 14.6. The number of nitrogens with one attached hydrogen (secondary N) is 1. The molecule has 1 unspecified atom stereocenters. The SMILES string of the molecule is CC1CCCN(C(=O)c2cc(C(=O)Nc3ccc(F)c(F)c3F)ccn2)C1. The Kier molecular flexibility index (Phi) is 5.43. The second-order valence-corrected chi connectivity index (χ2v) is 6.61. The van der Waals surface area contributed by atoms with Gasteiger partial charge in [-0.15, -0.1) is 0 Å². The van der Waals surface area contributed by atoms with Crippen LogP contribution in [0.25, 0.3) is 0 Å². The lowest BCUT2D eigenvalue weighted by Crippen LogP contribution is -2.39. The minimum Gasteiger partial charge on any atom is -0.337 e. The molecule has 3 rings (SSSR count). The van der Waals surface area contributed by atoms with E-state index >= 15 is 0 Å². The van der Waals surface area contributed by atoms with E-state index in [0.29, 0.717) is 25.1 Å². The lowest BCUT2D eigenvalue weighted by atomic mass is 10.00. The Bertz CT molecular complexity index is 888. The van der Waals surface area contributed by atoms with Gasteiger partial charge in [0.25, 0.3) is 11.8 Å². The van der Waals surface area contributed by atoms with E-state index in [0.717, 1.165) is 18.9 Å². The number of hydrogen-bond donors (Lipinski definition) is 1. The third-order valence-corrected chi connectivity index (χ3v) is 4.47. The van der Waals surface area contributed by atoms with Gasteiger partial charge in [-0.25, -0.2) is 13.2 Å². The summed E-state index contributed by atoms with van der Waals surface area (Å²) in [6, 6.07) is 4.29. The molecule has 1 aromatic heterocycles. The topological polar surface area (TPSA) is 62.3 Å². The second kappa shape index (κ2) is 7.77. The first kappa shape index (κ1) is 18.9. The van der Waals surface area contributed by atoms with Crippen LogP contribution in [0.15, 0.2) is 30.5 Å². The highest BCUT2D eigenvalue weighted by molar-refractivity contribution is 6.05. The third kappa shape index (κ3) is 4.10. The minimum atomic E-state index is -1.67. The van der Waals surface area contributed by atoms with E-state index in [1.54, 1.807) is 4.90 Å². The highest BCUT2D eigenvalue weighted by atomic mass is 19.2. The van der Waals surface area contributed by atoms with E-state index in [9.17, 15) is 22.8 Å². The van der Waals surface area contributed by atoms with Gasteiger partial charge in [0, 0.05) is 24.8 Å². The Hall–Kier alpha value is -2.90. The number of hydrogen-bond acceptors (Lipinski definition) is 3. The first-order chi connectivity index (χ1) is 12.9. The average molecular weight is 377 g/mol. The maximum Gasteiger partial charge on any atom is 0.272 e. The van der Waals surface area contributed by atoms with Gasteiger partial charge in [-0.2, -0.15) is 0 Å². The van der Waals surface area contributed by atoms with Crippen LogP contribution < -0.4 is 5.32 Å². The zero-order chi connectivity index (χ0) is 19.6. The van der Waals surface area contributed by atoms with E-state index in [1.165, 1.54) is 18.3 Å². The standard InChI is InChI=1S/C19H18F3N3O2/c1-11-3-2-8-25(10-11)19(27)15-9-12(6-7-23-15)18(26)24-14-5-4-13(20)16(21)17(14)22/h4-7,9,11H,2-3,8,10H2,1H3,(H,24,26). The van der Waals surface area contributed by atoms with Crippen molar-refractivity contribution in [3.05, 3.63) is 59.2 Å². The van der Waals surface area contributed by atoms with E-state index in [-0.39, 0.29) is 17.2 Å². The Morgan fingerprint density at radius 2 is 1.96 bits per heavy atom. The molecule has 1 N–H and O–H groups in total. The van der Waals surface area contributed by atoms with Crippen LogP contribution in [0.2, 0.25) is 0 Å². The van der Waals surface area contributed by atoms with Crippen molar-refractivity contribution < 1.29 is 22.8 Å². The van der Waals surface area contributed by atoms with Gasteiger partial charge in [0.1, 0.15) is 5.69 Å². The molecule has 8 heteroatoms. The fourth-order valence-electron chi connectivity index (χ4n) is 3.04. The van der Waals surface area contributed by atoms with Crippen LogP contribution in [-0.2, 0) is 0 Å². The van der Waals surface area contributed by atoms with Gasteiger partial charge in [0.15, 0.2) is 17.5 Å². The molecular weight excluding hydrogens is 359 g/mol. The van der Waals surface area contributed by atoms with Gasteiger partial charge in [-0.05, 0) is 43.0 Å². The molecule has 2 aromatic rings. The molecule has 5 nitrogen and oxygen atoms in total. The molecule has 1 aliphatic heterocycles. The molecule has 1 aliphatic rings. The van der Waals surface area contributed by atoms with E-state index in [4.69, 9.17) is 0 Å². The number of piperidine rings is 1. The molecule has 27 heavy (non-hydrogen) atoms. The molecule has 0 saturated carbocycles. The summed E-state index contributed by atoms with van der Waals surface area (Å²) in [6.45, 7) is 3.31. The molecular formula is C19H18F3N3O2. The third-order valence-electron chi connectivity index (χ3n) is 4.47. The van der Waals surface area contributed by atoms with Crippen molar-refractivity contribution in [1.29, 1.82) is 0 Å². The van der Waals surface area contributed by atoms with E-state index in [2.05, 4.69) is 17.2 Å². The predicted octanol–water partition coefficient (Wildman–Crippen LogP) is 3.62. The number of rotatable bonds is 3. The Balaban J connectivity index is 1.78. The number of anilines is 1. The van der Waals surface area contributed by atoms with Crippen LogP contribution >= 0.6 is 0 Å². The summed E-state index contributed by atoms with van der Waals surface area (Å²) >= 11 is 0. The van der Waals surface area contributed by atoms with Crippen LogP contribution in [0.4, 0.5) is 18.9 Å². The lowest BCUT2D eigenvalue weighted by Gasteiger charge is -2.30. The quantitative estimate of drug-likeness (QED) is 0.831. The van der Waals surface area contributed by atoms with Crippen molar-refractivity contribution in [1.82, 2.24) is 9.88 Å². The molecule has 1 aromatic carbocycles. The first-order valence-corrected chi connectivity index (χ1v) is 8.57. The fraction of sp³-hybridized carbons (Fsp3) is 0.316. The maximum absolute atomic E-state index is 13.7. The van der Waals surface area contributed by atoms with Gasteiger partial charge in [-0.3, -0.25) is 14.6 Å². The summed E-state index contributed by atoms with van der Waals surface area (Å²) in [5.41, 5.74) is -0.335. The summed E-state index contributed by atoms with van der Waals surface area (Å²) in [5, 5.41) is 2.17. The summed E-state index contributed by atoms with van der Waals surface area (Å²) in [6.07, 6.45) is 3.26. The number of pyridine rings is 1. The summed E-state index contributed by atoms with van der Waals surface area (Å²) in [7, 11) is 0. The van der Waals surface area contributed by atoms with Gasteiger partial charge >= 0.3 is 0 Å².